The molecule has 3 heteroatoms. The van der Waals surface area contributed by atoms with Crippen LogP contribution in [0.25, 0.3) is 0 Å². The molecule has 1 aromatic carbocycles. The highest BCUT2D eigenvalue weighted by Crippen LogP contribution is 2.21. The number of piperidine rings is 1. The lowest BCUT2D eigenvalue weighted by Gasteiger charge is -2.36. The predicted molar refractivity (Wildman–Crippen MR) is 80.2 cm³/mol. The summed E-state index contributed by atoms with van der Waals surface area (Å²) in [7, 11) is 0. The first-order chi connectivity index (χ1) is 9.59. The van der Waals surface area contributed by atoms with E-state index in [-0.39, 0.29) is 6.61 Å². The molecule has 2 N–H and O–H groups in total. The number of nitrogens with zero attached hydrogens (tertiary/aromatic N) is 1. The quantitative estimate of drug-likeness (QED) is 0.825. The molecule has 108 valence electrons. The predicted octanol–water partition coefficient (Wildman–Crippen LogP) is 1.77. The monoisotopic (exact) mass is 273 g/mol. The molecule has 1 aromatic rings. The Hall–Kier alpha value is -1.34. The number of β-amino-alcohol motifs (C(OH)–C–C–N with tert-alkyl or cyclic N) is 1. The second-order valence-electron chi connectivity index (χ2n) is 5.78. The lowest BCUT2D eigenvalue weighted by molar-refractivity contribution is -0.0181. The molecule has 0 spiro atoms. The standard InChI is InChI=1S/C17H23NO2/c1-17(20)10-4-11-18(14-17)13-16-8-6-15(7-9-16)5-2-3-12-19/h6-9,19-20H,3-4,10-14H2,1H3. The van der Waals surface area contributed by atoms with Crippen LogP contribution in [-0.4, -0.2) is 40.4 Å². The number of rotatable bonds is 3. The van der Waals surface area contributed by atoms with Crippen molar-refractivity contribution in [2.75, 3.05) is 19.7 Å². The van der Waals surface area contributed by atoms with Gasteiger partial charge in [-0.15, -0.1) is 0 Å². The number of hydrogen-bond donors (Lipinski definition) is 2. The van der Waals surface area contributed by atoms with Gasteiger partial charge < -0.3 is 10.2 Å². The van der Waals surface area contributed by atoms with Gasteiger partial charge in [0.2, 0.25) is 0 Å². The number of aliphatic hydroxyl groups excluding tert-OH is 1. The van der Waals surface area contributed by atoms with E-state index in [4.69, 9.17) is 5.11 Å². The van der Waals surface area contributed by atoms with Crippen LogP contribution < -0.4 is 0 Å². The van der Waals surface area contributed by atoms with Crippen molar-refractivity contribution >= 4 is 0 Å². The van der Waals surface area contributed by atoms with Crippen LogP contribution in [0.5, 0.6) is 0 Å². The maximum atomic E-state index is 10.1. The first-order valence-corrected chi connectivity index (χ1v) is 7.22. The second kappa shape index (κ2) is 6.90. The van der Waals surface area contributed by atoms with Crippen molar-refractivity contribution in [3.8, 4) is 11.8 Å². The molecule has 1 unspecified atom stereocenters. The largest absolute Gasteiger partial charge is 0.395 e. The molecule has 1 aliphatic heterocycles. The van der Waals surface area contributed by atoms with Crippen molar-refractivity contribution in [1.29, 1.82) is 0 Å². The van der Waals surface area contributed by atoms with Crippen molar-refractivity contribution < 1.29 is 10.2 Å². The van der Waals surface area contributed by atoms with Gasteiger partial charge in [0.15, 0.2) is 0 Å². The molecule has 1 heterocycles. The minimum absolute atomic E-state index is 0.111. The number of aliphatic hydroxyl groups is 2. The molecule has 1 fully saturated rings. The van der Waals surface area contributed by atoms with Gasteiger partial charge in [0.1, 0.15) is 0 Å². The summed E-state index contributed by atoms with van der Waals surface area (Å²) >= 11 is 0. The fourth-order valence-corrected chi connectivity index (χ4v) is 2.63. The molecule has 0 saturated carbocycles. The molecule has 3 nitrogen and oxygen atoms in total. The first kappa shape index (κ1) is 15.1. The van der Waals surface area contributed by atoms with Gasteiger partial charge in [-0.2, -0.15) is 0 Å². The van der Waals surface area contributed by atoms with Crippen molar-refractivity contribution in [2.24, 2.45) is 0 Å². The molecule has 0 bridgehead atoms. The van der Waals surface area contributed by atoms with Gasteiger partial charge in [0.25, 0.3) is 0 Å². The second-order valence-corrected chi connectivity index (χ2v) is 5.78. The van der Waals surface area contributed by atoms with Gasteiger partial charge in [-0.25, -0.2) is 0 Å². The summed E-state index contributed by atoms with van der Waals surface area (Å²) in [5.74, 6) is 5.95. The number of likely N-dealkylation sites (tertiary alicyclic amines) is 1. The summed E-state index contributed by atoms with van der Waals surface area (Å²) in [5, 5.41) is 18.8. The van der Waals surface area contributed by atoms with E-state index in [0.717, 1.165) is 38.0 Å². The highest BCUT2D eigenvalue weighted by Gasteiger charge is 2.27. The molecule has 0 radical (unpaired) electrons. The third kappa shape index (κ3) is 4.64. The summed E-state index contributed by atoms with van der Waals surface area (Å²) in [6.45, 7) is 4.69. The van der Waals surface area contributed by atoms with Crippen molar-refractivity contribution in [1.82, 2.24) is 4.90 Å². The summed E-state index contributed by atoms with van der Waals surface area (Å²) in [6.07, 6.45) is 2.46. The summed E-state index contributed by atoms with van der Waals surface area (Å²) < 4.78 is 0. The molecule has 1 aliphatic rings. The van der Waals surface area contributed by atoms with E-state index in [9.17, 15) is 5.11 Å². The molecule has 0 aromatic heterocycles. The van der Waals surface area contributed by atoms with E-state index in [1.165, 1.54) is 5.56 Å². The average molecular weight is 273 g/mol. The average Bonchev–Trinajstić information content (AvgIpc) is 2.40. The minimum atomic E-state index is -0.548. The third-order valence-corrected chi connectivity index (χ3v) is 3.58. The van der Waals surface area contributed by atoms with E-state index >= 15 is 0 Å². The topological polar surface area (TPSA) is 43.7 Å². The first-order valence-electron chi connectivity index (χ1n) is 7.22. The maximum absolute atomic E-state index is 10.1. The fourth-order valence-electron chi connectivity index (χ4n) is 2.63. The van der Waals surface area contributed by atoms with Crippen LogP contribution in [0.3, 0.4) is 0 Å². The Balaban J connectivity index is 1.92. The fraction of sp³-hybridized carbons (Fsp3) is 0.529. The van der Waals surface area contributed by atoms with Gasteiger partial charge in [-0.1, -0.05) is 24.0 Å². The zero-order chi connectivity index (χ0) is 14.4. The Bertz CT molecular complexity index is 482. The summed E-state index contributed by atoms with van der Waals surface area (Å²) in [5.41, 5.74) is 1.68. The Morgan fingerprint density at radius 2 is 2.05 bits per heavy atom. The van der Waals surface area contributed by atoms with E-state index in [1.807, 2.05) is 19.1 Å². The highest BCUT2D eigenvalue weighted by atomic mass is 16.3. The normalized spacial score (nSPS) is 23.1. The van der Waals surface area contributed by atoms with Crippen LogP contribution in [-0.2, 0) is 6.54 Å². The smallest absolute Gasteiger partial charge is 0.0746 e. The van der Waals surface area contributed by atoms with Crippen molar-refractivity contribution in [3.63, 3.8) is 0 Å². The Morgan fingerprint density at radius 3 is 2.70 bits per heavy atom. The summed E-state index contributed by atoms with van der Waals surface area (Å²) in [4.78, 5) is 2.30. The van der Waals surface area contributed by atoms with Crippen molar-refractivity contribution in [3.05, 3.63) is 35.4 Å². The Morgan fingerprint density at radius 1 is 1.30 bits per heavy atom. The van der Waals surface area contributed by atoms with Gasteiger partial charge in [0, 0.05) is 25.1 Å². The number of hydrogen-bond acceptors (Lipinski definition) is 3. The molecule has 1 saturated heterocycles. The van der Waals surface area contributed by atoms with Crippen LogP contribution in [0.4, 0.5) is 0 Å². The van der Waals surface area contributed by atoms with Crippen LogP contribution in [0, 0.1) is 11.8 Å². The molecule has 1 atom stereocenters. The van der Waals surface area contributed by atoms with Gasteiger partial charge >= 0.3 is 0 Å². The lowest BCUT2D eigenvalue weighted by Crippen LogP contribution is -2.45. The van der Waals surface area contributed by atoms with Crippen LogP contribution in [0.1, 0.15) is 37.3 Å². The molecule has 20 heavy (non-hydrogen) atoms. The van der Waals surface area contributed by atoms with E-state index < -0.39 is 5.60 Å². The number of benzene rings is 1. The Labute approximate surface area is 121 Å². The molecular weight excluding hydrogens is 250 g/mol. The van der Waals surface area contributed by atoms with E-state index in [2.05, 4.69) is 28.9 Å². The SMILES string of the molecule is CC1(O)CCCN(Cc2ccc(C#CCCO)cc2)C1. The van der Waals surface area contributed by atoms with Crippen LogP contribution in [0.15, 0.2) is 24.3 Å². The highest BCUT2D eigenvalue weighted by molar-refractivity contribution is 5.36. The molecular formula is C17H23NO2. The van der Waals surface area contributed by atoms with E-state index in [1.54, 1.807) is 0 Å². The minimum Gasteiger partial charge on any atom is -0.395 e. The molecule has 2 rings (SSSR count). The van der Waals surface area contributed by atoms with Crippen LogP contribution in [0.2, 0.25) is 0 Å². The van der Waals surface area contributed by atoms with Gasteiger partial charge in [-0.05, 0) is 44.0 Å². The maximum Gasteiger partial charge on any atom is 0.0746 e. The zero-order valence-electron chi connectivity index (χ0n) is 12.1. The molecule has 0 aliphatic carbocycles. The zero-order valence-corrected chi connectivity index (χ0v) is 12.1. The Kier molecular flexibility index (Phi) is 5.19. The molecule has 0 amide bonds. The van der Waals surface area contributed by atoms with E-state index in [0.29, 0.717) is 6.42 Å². The lowest BCUT2D eigenvalue weighted by atomic mass is 9.95. The van der Waals surface area contributed by atoms with Crippen LogP contribution >= 0.6 is 0 Å². The van der Waals surface area contributed by atoms with Gasteiger partial charge in [-0.3, -0.25) is 4.90 Å². The third-order valence-electron chi connectivity index (χ3n) is 3.58. The van der Waals surface area contributed by atoms with Crippen molar-refractivity contribution in [2.45, 2.75) is 38.3 Å². The van der Waals surface area contributed by atoms with Gasteiger partial charge in [0.05, 0.1) is 12.2 Å². The summed E-state index contributed by atoms with van der Waals surface area (Å²) in [6, 6.07) is 8.21.